The van der Waals surface area contributed by atoms with E-state index in [1.165, 1.54) is 19.3 Å². The number of ether oxygens (including phenoxy) is 1. The van der Waals surface area contributed by atoms with Crippen molar-refractivity contribution < 1.29 is 9.53 Å². The molecule has 3 heteroatoms. The lowest BCUT2D eigenvalue weighted by Gasteiger charge is -2.24. The van der Waals surface area contributed by atoms with E-state index in [1.54, 1.807) is 0 Å². The van der Waals surface area contributed by atoms with Crippen molar-refractivity contribution in [1.29, 1.82) is 0 Å². The second-order valence-electron chi connectivity index (χ2n) is 6.00. The Morgan fingerprint density at radius 1 is 0.739 bits per heavy atom. The first-order valence-corrected chi connectivity index (χ1v) is 8.45. The maximum Gasteiger partial charge on any atom is 0.253 e. The van der Waals surface area contributed by atoms with Crippen LogP contribution in [-0.2, 0) is 0 Å². The summed E-state index contributed by atoms with van der Waals surface area (Å²) in [5, 5.41) is 0. The van der Waals surface area contributed by atoms with Crippen LogP contribution in [-0.4, -0.2) is 23.9 Å². The topological polar surface area (TPSA) is 29.5 Å². The minimum atomic E-state index is 0.137. The Labute approximate surface area is 137 Å². The van der Waals surface area contributed by atoms with Gasteiger partial charge in [-0.3, -0.25) is 4.79 Å². The predicted octanol–water partition coefficient (Wildman–Crippen LogP) is 4.89. The van der Waals surface area contributed by atoms with Crippen LogP contribution in [0.3, 0.4) is 0 Å². The number of nitrogens with zero attached hydrogens (tertiary/aromatic N) is 1. The van der Waals surface area contributed by atoms with Gasteiger partial charge in [-0.05, 0) is 49.2 Å². The van der Waals surface area contributed by atoms with Crippen molar-refractivity contribution in [3.8, 4) is 11.5 Å². The molecular formula is C20H23NO2. The standard InChI is InChI=1S/C20H23NO2/c22-20(21-15-7-2-1-3-8-16-21)17-11-13-19(14-12-17)23-18-9-5-4-6-10-18/h4-6,9-14H,1-3,7-8,15-16H2. The molecule has 0 unspecified atom stereocenters. The van der Waals surface area contributed by atoms with E-state index in [2.05, 4.69) is 0 Å². The third-order valence-electron chi connectivity index (χ3n) is 4.22. The average molecular weight is 309 g/mol. The molecule has 1 amide bonds. The number of para-hydroxylation sites is 1. The molecule has 2 aromatic carbocycles. The summed E-state index contributed by atoms with van der Waals surface area (Å²) in [6.07, 6.45) is 5.98. The van der Waals surface area contributed by atoms with Gasteiger partial charge < -0.3 is 9.64 Å². The molecule has 1 heterocycles. The maximum absolute atomic E-state index is 12.6. The van der Waals surface area contributed by atoms with Crippen LogP contribution < -0.4 is 4.74 Å². The Balaban J connectivity index is 1.65. The normalized spacial score (nSPS) is 15.6. The molecule has 3 nitrogen and oxygen atoms in total. The quantitative estimate of drug-likeness (QED) is 0.808. The van der Waals surface area contributed by atoms with E-state index in [0.29, 0.717) is 0 Å². The van der Waals surface area contributed by atoms with Gasteiger partial charge in [0, 0.05) is 18.7 Å². The van der Waals surface area contributed by atoms with E-state index in [9.17, 15) is 4.79 Å². The van der Waals surface area contributed by atoms with Gasteiger partial charge in [0.05, 0.1) is 0 Å². The number of benzene rings is 2. The second kappa shape index (κ2) is 7.82. The van der Waals surface area contributed by atoms with Crippen LogP contribution in [0.5, 0.6) is 11.5 Å². The highest BCUT2D eigenvalue weighted by atomic mass is 16.5. The first-order valence-electron chi connectivity index (χ1n) is 8.45. The Morgan fingerprint density at radius 3 is 1.96 bits per heavy atom. The van der Waals surface area contributed by atoms with Crippen molar-refractivity contribution in [2.75, 3.05) is 13.1 Å². The van der Waals surface area contributed by atoms with Crippen LogP contribution >= 0.6 is 0 Å². The number of likely N-dealkylation sites (tertiary alicyclic amines) is 1. The van der Waals surface area contributed by atoms with E-state index < -0.39 is 0 Å². The lowest BCUT2D eigenvalue weighted by Crippen LogP contribution is -2.33. The molecule has 0 radical (unpaired) electrons. The molecule has 1 fully saturated rings. The van der Waals surface area contributed by atoms with Crippen molar-refractivity contribution in [2.24, 2.45) is 0 Å². The second-order valence-corrected chi connectivity index (χ2v) is 6.00. The summed E-state index contributed by atoms with van der Waals surface area (Å²) in [6.45, 7) is 1.75. The largest absolute Gasteiger partial charge is 0.457 e. The molecule has 0 spiro atoms. The highest BCUT2D eigenvalue weighted by Crippen LogP contribution is 2.22. The molecule has 1 aliphatic rings. The molecule has 1 aliphatic heterocycles. The maximum atomic E-state index is 12.6. The first kappa shape index (κ1) is 15.6. The lowest BCUT2D eigenvalue weighted by molar-refractivity contribution is 0.0742. The van der Waals surface area contributed by atoms with Gasteiger partial charge in [0.15, 0.2) is 0 Å². The molecule has 0 aliphatic carbocycles. The van der Waals surface area contributed by atoms with Crippen LogP contribution in [0.25, 0.3) is 0 Å². The first-order chi connectivity index (χ1) is 11.3. The fourth-order valence-electron chi connectivity index (χ4n) is 2.92. The number of amides is 1. The van der Waals surface area contributed by atoms with Crippen molar-refractivity contribution >= 4 is 5.91 Å². The molecule has 1 saturated heterocycles. The van der Waals surface area contributed by atoms with Gasteiger partial charge in [-0.2, -0.15) is 0 Å². The number of carbonyl (C=O) groups is 1. The highest BCUT2D eigenvalue weighted by molar-refractivity contribution is 5.94. The molecule has 23 heavy (non-hydrogen) atoms. The van der Waals surface area contributed by atoms with E-state index in [1.807, 2.05) is 59.5 Å². The number of rotatable bonds is 3. The summed E-state index contributed by atoms with van der Waals surface area (Å²) < 4.78 is 5.77. The van der Waals surface area contributed by atoms with Gasteiger partial charge >= 0.3 is 0 Å². The SMILES string of the molecule is O=C(c1ccc(Oc2ccccc2)cc1)N1CCCCCCC1. The number of carbonyl (C=O) groups excluding carboxylic acids is 1. The molecule has 0 N–H and O–H groups in total. The van der Waals surface area contributed by atoms with Crippen molar-refractivity contribution in [2.45, 2.75) is 32.1 Å². The smallest absolute Gasteiger partial charge is 0.253 e. The monoisotopic (exact) mass is 309 g/mol. The summed E-state index contributed by atoms with van der Waals surface area (Å²) in [5.74, 6) is 1.69. The third-order valence-corrected chi connectivity index (χ3v) is 4.22. The zero-order valence-electron chi connectivity index (χ0n) is 13.4. The third kappa shape index (κ3) is 4.35. The average Bonchev–Trinajstić information content (AvgIpc) is 2.56. The molecule has 0 aromatic heterocycles. The molecule has 0 atom stereocenters. The molecule has 120 valence electrons. The molecule has 0 saturated carbocycles. The Hall–Kier alpha value is -2.29. The van der Waals surface area contributed by atoms with Crippen LogP contribution in [0.2, 0.25) is 0 Å². The summed E-state index contributed by atoms with van der Waals surface area (Å²) in [7, 11) is 0. The number of hydrogen-bond acceptors (Lipinski definition) is 2. The minimum absolute atomic E-state index is 0.137. The Bertz CT molecular complexity index is 614. The Kier molecular flexibility index (Phi) is 5.30. The van der Waals surface area contributed by atoms with Gasteiger partial charge in [-0.25, -0.2) is 0 Å². The van der Waals surface area contributed by atoms with Crippen LogP contribution in [0, 0.1) is 0 Å². The summed E-state index contributed by atoms with van der Waals surface area (Å²) in [6, 6.07) is 17.1. The van der Waals surface area contributed by atoms with Crippen LogP contribution in [0.1, 0.15) is 42.5 Å². The fourth-order valence-corrected chi connectivity index (χ4v) is 2.92. The van der Waals surface area contributed by atoms with Crippen molar-refractivity contribution in [3.05, 3.63) is 60.2 Å². The predicted molar refractivity (Wildman–Crippen MR) is 91.9 cm³/mol. The van der Waals surface area contributed by atoms with E-state index in [0.717, 1.165) is 43.0 Å². The van der Waals surface area contributed by atoms with E-state index >= 15 is 0 Å². The molecule has 0 bridgehead atoms. The minimum Gasteiger partial charge on any atom is -0.457 e. The van der Waals surface area contributed by atoms with Crippen molar-refractivity contribution in [3.63, 3.8) is 0 Å². The van der Waals surface area contributed by atoms with Gasteiger partial charge in [0.2, 0.25) is 0 Å². The molecule has 2 aromatic rings. The highest BCUT2D eigenvalue weighted by Gasteiger charge is 2.16. The summed E-state index contributed by atoms with van der Waals surface area (Å²) in [5.41, 5.74) is 0.742. The van der Waals surface area contributed by atoms with Gasteiger partial charge in [0.25, 0.3) is 5.91 Å². The Morgan fingerprint density at radius 2 is 1.30 bits per heavy atom. The van der Waals surface area contributed by atoms with Gasteiger partial charge in [0.1, 0.15) is 11.5 Å². The van der Waals surface area contributed by atoms with Crippen LogP contribution in [0.4, 0.5) is 0 Å². The van der Waals surface area contributed by atoms with Crippen molar-refractivity contribution in [1.82, 2.24) is 4.90 Å². The number of hydrogen-bond donors (Lipinski definition) is 0. The zero-order valence-corrected chi connectivity index (χ0v) is 13.4. The van der Waals surface area contributed by atoms with Gasteiger partial charge in [-0.1, -0.05) is 37.5 Å². The molecule has 3 rings (SSSR count). The lowest BCUT2D eigenvalue weighted by atomic mass is 10.1. The van der Waals surface area contributed by atoms with E-state index in [4.69, 9.17) is 4.74 Å². The fraction of sp³-hybridized carbons (Fsp3) is 0.350. The van der Waals surface area contributed by atoms with E-state index in [-0.39, 0.29) is 5.91 Å². The summed E-state index contributed by atoms with van der Waals surface area (Å²) >= 11 is 0. The molecular weight excluding hydrogens is 286 g/mol. The van der Waals surface area contributed by atoms with Gasteiger partial charge in [-0.15, -0.1) is 0 Å². The summed E-state index contributed by atoms with van der Waals surface area (Å²) in [4.78, 5) is 14.6. The van der Waals surface area contributed by atoms with Crippen LogP contribution in [0.15, 0.2) is 54.6 Å². The zero-order chi connectivity index (χ0) is 15.9.